The zero-order valence-electron chi connectivity index (χ0n) is 15.3. The van der Waals surface area contributed by atoms with Crippen LogP contribution in [0.3, 0.4) is 0 Å². The lowest BCUT2D eigenvalue weighted by atomic mass is 9.96. The molecule has 3 aromatic carbocycles. The highest BCUT2D eigenvalue weighted by atomic mass is 16.6. The average molecular weight is 356 g/mol. The topological polar surface area (TPSA) is 33.6 Å². The summed E-state index contributed by atoms with van der Waals surface area (Å²) in [5, 5.41) is 8.05. The van der Waals surface area contributed by atoms with Gasteiger partial charge in [-0.15, -0.1) is 0 Å². The molecule has 1 aliphatic rings. The van der Waals surface area contributed by atoms with E-state index in [9.17, 15) is 0 Å². The second kappa shape index (κ2) is 8.54. The van der Waals surface area contributed by atoms with Crippen molar-refractivity contribution >= 4 is 11.4 Å². The zero-order chi connectivity index (χ0) is 18.3. The highest BCUT2D eigenvalue weighted by molar-refractivity contribution is 5.87. The Morgan fingerprint density at radius 3 is 2.07 bits per heavy atom. The van der Waals surface area contributed by atoms with Crippen molar-refractivity contribution < 1.29 is 4.84 Å². The SMILES string of the molecule is c1ccc(CC2=NOC(C(Cc3ccccc3)Nc3ccccc3)C2)cc1. The Bertz CT molecular complexity index is 821. The van der Waals surface area contributed by atoms with E-state index in [0.29, 0.717) is 0 Å². The normalized spacial score (nSPS) is 17.0. The van der Waals surface area contributed by atoms with Crippen LogP contribution in [0.15, 0.2) is 96.2 Å². The molecule has 0 aliphatic carbocycles. The van der Waals surface area contributed by atoms with E-state index in [4.69, 9.17) is 4.84 Å². The summed E-state index contributed by atoms with van der Waals surface area (Å²) in [6, 6.07) is 31.5. The number of para-hydroxylation sites is 1. The highest BCUT2D eigenvalue weighted by Crippen LogP contribution is 2.22. The largest absolute Gasteiger partial charge is 0.390 e. The fourth-order valence-electron chi connectivity index (χ4n) is 3.49. The van der Waals surface area contributed by atoms with Crippen molar-refractivity contribution in [3.63, 3.8) is 0 Å². The van der Waals surface area contributed by atoms with Gasteiger partial charge in [-0.05, 0) is 29.7 Å². The van der Waals surface area contributed by atoms with Crippen LogP contribution in [-0.2, 0) is 17.7 Å². The number of hydrogen-bond donors (Lipinski definition) is 1. The van der Waals surface area contributed by atoms with Crippen LogP contribution in [-0.4, -0.2) is 17.9 Å². The fourth-order valence-corrected chi connectivity index (χ4v) is 3.49. The minimum Gasteiger partial charge on any atom is -0.390 e. The third-order valence-electron chi connectivity index (χ3n) is 4.88. The smallest absolute Gasteiger partial charge is 0.153 e. The van der Waals surface area contributed by atoms with E-state index in [1.165, 1.54) is 11.1 Å². The molecule has 0 fully saturated rings. The number of nitrogens with zero attached hydrogens (tertiary/aromatic N) is 1. The number of benzene rings is 3. The van der Waals surface area contributed by atoms with Crippen LogP contribution in [0.25, 0.3) is 0 Å². The van der Waals surface area contributed by atoms with E-state index in [2.05, 4.69) is 89.3 Å². The Balaban J connectivity index is 1.45. The lowest BCUT2D eigenvalue weighted by Gasteiger charge is -2.24. The molecule has 0 aromatic heterocycles. The molecule has 1 N–H and O–H groups in total. The molecule has 2 atom stereocenters. The maximum absolute atomic E-state index is 5.87. The quantitative estimate of drug-likeness (QED) is 0.639. The molecule has 0 bridgehead atoms. The molecule has 1 heterocycles. The number of anilines is 1. The molecule has 0 amide bonds. The van der Waals surface area contributed by atoms with E-state index >= 15 is 0 Å². The third kappa shape index (κ3) is 4.76. The van der Waals surface area contributed by atoms with Crippen molar-refractivity contribution in [2.24, 2.45) is 5.16 Å². The van der Waals surface area contributed by atoms with Crippen LogP contribution < -0.4 is 5.32 Å². The Labute approximate surface area is 160 Å². The molecule has 0 radical (unpaired) electrons. The molecule has 4 rings (SSSR count). The van der Waals surface area contributed by atoms with Gasteiger partial charge in [0.25, 0.3) is 0 Å². The predicted molar refractivity (Wildman–Crippen MR) is 111 cm³/mol. The van der Waals surface area contributed by atoms with Gasteiger partial charge in [0, 0.05) is 18.5 Å². The predicted octanol–water partition coefficient (Wildman–Crippen LogP) is 5.10. The maximum atomic E-state index is 5.87. The molecule has 0 spiro atoms. The van der Waals surface area contributed by atoms with E-state index in [1.807, 2.05) is 12.1 Å². The molecule has 0 saturated carbocycles. The Morgan fingerprint density at radius 1 is 0.815 bits per heavy atom. The monoisotopic (exact) mass is 356 g/mol. The molecular weight excluding hydrogens is 332 g/mol. The summed E-state index contributed by atoms with van der Waals surface area (Å²) < 4.78 is 0. The van der Waals surface area contributed by atoms with E-state index in [0.717, 1.165) is 30.7 Å². The summed E-state index contributed by atoms with van der Waals surface area (Å²) in [5.41, 5.74) is 4.79. The minimum absolute atomic E-state index is 0.0316. The summed E-state index contributed by atoms with van der Waals surface area (Å²) in [6.45, 7) is 0. The van der Waals surface area contributed by atoms with Gasteiger partial charge in [0.1, 0.15) is 0 Å². The summed E-state index contributed by atoms with van der Waals surface area (Å²) in [7, 11) is 0. The van der Waals surface area contributed by atoms with Gasteiger partial charge in [-0.2, -0.15) is 0 Å². The van der Waals surface area contributed by atoms with E-state index in [1.54, 1.807) is 0 Å². The molecule has 0 saturated heterocycles. The molecule has 3 nitrogen and oxygen atoms in total. The second-order valence-electron chi connectivity index (χ2n) is 6.97. The maximum Gasteiger partial charge on any atom is 0.153 e. The molecule has 3 heteroatoms. The van der Waals surface area contributed by atoms with Crippen LogP contribution >= 0.6 is 0 Å². The molecule has 1 aliphatic heterocycles. The Hall–Kier alpha value is -3.07. The Kier molecular flexibility index (Phi) is 5.49. The lowest BCUT2D eigenvalue weighted by Crippen LogP contribution is -2.36. The summed E-state index contributed by atoms with van der Waals surface area (Å²) in [4.78, 5) is 5.87. The van der Waals surface area contributed by atoms with Gasteiger partial charge >= 0.3 is 0 Å². The molecule has 27 heavy (non-hydrogen) atoms. The van der Waals surface area contributed by atoms with Gasteiger partial charge in [0.05, 0.1) is 11.8 Å². The third-order valence-corrected chi connectivity index (χ3v) is 4.88. The summed E-state index contributed by atoms with van der Waals surface area (Å²) in [5.74, 6) is 0. The first kappa shape index (κ1) is 17.3. The van der Waals surface area contributed by atoms with Crippen molar-refractivity contribution in [1.29, 1.82) is 0 Å². The summed E-state index contributed by atoms with van der Waals surface area (Å²) in [6.07, 6.45) is 2.63. The molecule has 136 valence electrons. The first-order valence-corrected chi connectivity index (χ1v) is 9.48. The van der Waals surface area contributed by atoms with Gasteiger partial charge in [-0.25, -0.2) is 0 Å². The van der Waals surface area contributed by atoms with Gasteiger partial charge in [0.2, 0.25) is 0 Å². The van der Waals surface area contributed by atoms with Gasteiger partial charge in [-0.1, -0.05) is 84.0 Å². The first-order chi connectivity index (χ1) is 13.4. The lowest BCUT2D eigenvalue weighted by molar-refractivity contribution is 0.0709. The van der Waals surface area contributed by atoms with E-state index in [-0.39, 0.29) is 12.1 Å². The van der Waals surface area contributed by atoms with E-state index < -0.39 is 0 Å². The standard InChI is InChI=1S/C24H24N2O/c1-4-10-19(11-5-1)16-22-18-24(27-26-22)23(17-20-12-6-2-7-13-20)25-21-14-8-3-9-15-21/h1-15,23-25H,16-18H2. The van der Waals surface area contributed by atoms with Crippen LogP contribution in [0.4, 0.5) is 5.69 Å². The number of rotatable bonds is 7. The average Bonchev–Trinajstić information content (AvgIpc) is 3.18. The van der Waals surface area contributed by atoms with Crippen molar-refractivity contribution in [2.45, 2.75) is 31.4 Å². The molecule has 2 unspecified atom stereocenters. The molecule has 3 aromatic rings. The van der Waals surface area contributed by atoms with Gasteiger partial charge in [0.15, 0.2) is 6.10 Å². The van der Waals surface area contributed by atoms with Crippen LogP contribution in [0.1, 0.15) is 17.5 Å². The van der Waals surface area contributed by atoms with Gasteiger partial charge < -0.3 is 10.2 Å². The molecular formula is C24H24N2O. The van der Waals surface area contributed by atoms with Gasteiger partial charge in [-0.3, -0.25) is 0 Å². The first-order valence-electron chi connectivity index (χ1n) is 9.48. The number of nitrogens with one attached hydrogen (secondary N) is 1. The number of oxime groups is 1. The fraction of sp³-hybridized carbons (Fsp3) is 0.208. The van der Waals surface area contributed by atoms with Crippen molar-refractivity contribution in [2.75, 3.05) is 5.32 Å². The van der Waals surface area contributed by atoms with Crippen LogP contribution in [0.5, 0.6) is 0 Å². The second-order valence-corrected chi connectivity index (χ2v) is 6.97. The highest BCUT2D eigenvalue weighted by Gasteiger charge is 2.30. The zero-order valence-corrected chi connectivity index (χ0v) is 15.3. The van der Waals surface area contributed by atoms with Crippen molar-refractivity contribution in [1.82, 2.24) is 0 Å². The van der Waals surface area contributed by atoms with Crippen LogP contribution in [0.2, 0.25) is 0 Å². The van der Waals surface area contributed by atoms with Crippen LogP contribution in [0, 0.1) is 0 Å². The van der Waals surface area contributed by atoms with Crippen molar-refractivity contribution in [3.8, 4) is 0 Å². The Morgan fingerprint density at radius 2 is 1.41 bits per heavy atom. The number of hydrogen-bond acceptors (Lipinski definition) is 3. The summed E-state index contributed by atoms with van der Waals surface area (Å²) >= 11 is 0. The van der Waals surface area contributed by atoms with Crippen molar-refractivity contribution in [3.05, 3.63) is 102 Å². The minimum atomic E-state index is 0.0316.